The Balaban J connectivity index is 0.00000280. The highest BCUT2D eigenvalue weighted by Crippen LogP contribution is 2.26. The summed E-state index contributed by atoms with van der Waals surface area (Å²) in [6, 6.07) is 17.4. The predicted octanol–water partition coefficient (Wildman–Crippen LogP) is 3.57. The maximum absolute atomic E-state index is 12.1. The molecule has 0 unspecified atom stereocenters. The average molecular weight is 405 g/mol. The molecule has 1 amide bonds. The lowest BCUT2D eigenvalue weighted by Crippen LogP contribution is -2.43. The molecule has 2 N–H and O–H groups in total. The SMILES string of the molecule is CC1(CNC(=O)COc2ccc(OCc3ccccc3)cc2)CCNCC1.Cl. The highest BCUT2D eigenvalue weighted by atomic mass is 35.5. The molecule has 0 aliphatic carbocycles. The fourth-order valence-corrected chi connectivity index (χ4v) is 3.09. The molecule has 0 saturated carbocycles. The third kappa shape index (κ3) is 7.06. The molecule has 0 spiro atoms. The number of ether oxygens (including phenoxy) is 2. The van der Waals surface area contributed by atoms with Gasteiger partial charge in [0.1, 0.15) is 18.1 Å². The summed E-state index contributed by atoms with van der Waals surface area (Å²) in [5.74, 6) is 1.35. The Kier molecular flexibility index (Phi) is 8.61. The molecule has 152 valence electrons. The van der Waals surface area contributed by atoms with Crippen LogP contribution >= 0.6 is 12.4 Å². The van der Waals surface area contributed by atoms with Gasteiger partial charge in [0.2, 0.25) is 0 Å². The van der Waals surface area contributed by atoms with Crippen molar-refractivity contribution in [3.8, 4) is 11.5 Å². The standard InChI is InChI=1S/C22H28N2O3.ClH/c1-22(11-13-23-14-12-22)17-24-21(25)16-27-20-9-7-19(8-10-20)26-15-18-5-3-2-4-6-18;/h2-10,23H,11-17H2,1H3,(H,24,25);1H. The van der Waals surface area contributed by atoms with Crippen molar-refractivity contribution in [3.05, 3.63) is 60.2 Å². The normalized spacial score (nSPS) is 15.2. The van der Waals surface area contributed by atoms with Gasteiger partial charge in [0, 0.05) is 6.54 Å². The van der Waals surface area contributed by atoms with Crippen molar-refractivity contribution in [1.29, 1.82) is 0 Å². The van der Waals surface area contributed by atoms with E-state index in [9.17, 15) is 4.79 Å². The van der Waals surface area contributed by atoms with Crippen LogP contribution in [-0.4, -0.2) is 32.1 Å². The summed E-state index contributed by atoms with van der Waals surface area (Å²) in [6.45, 7) is 5.51. The van der Waals surface area contributed by atoms with E-state index in [-0.39, 0.29) is 30.3 Å². The first kappa shape index (κ1) is 22.1. The molecule has 0 bridgehead atoms. The van der Waals surface area contributed by atoms with Crippen LogP contribution in [-0.2, 0) is 11.4 Å². The third-order valence-corrected chi connectivity index (χ3v) is 4.96. The second-order valence-electron chi connectivity index (χ2n) is 7.37. The number of halogens is 1. The smallest absolute Gasteiger partial charge is 0.257 e. The summed E-state index contributed by atoms with van der Waals surface area (Å²) in [7, 11) is 0. The van der Waals surface area contributed by atoms with Crippen molar-refractivity contribution in [2.24, 2.45) is 5.41 Å². The molecule has 0 aromatic heterocycles. The molecular weight excluding hydrogens is 376 g/mol. The first-order valence-corrected chi connectivity index (χ1v) is 9.50. The van der Waals surface area contributed by atoms with E-state index < -0.39 is 0 Å². The Bertz CT molecular complexity index is 716. The van der Waals surface area contributed by atoms with Crippen molar-refractivity contribution in [2.45, 2.75) is 26.4 Å². The molecule has 3 rings (SSSR count). The van der Waals surface area contributed by atoms with E-state index >= 15 is 0 Å². The van der Waals surface area contributed by atoms with Gasteiger partial charge in [-0.3, -0.25) is 4.79 Å². The van der Waals surface area contributed by atoms with Crippen molar-refractivity contribution < 1.29 is 14.3 Å². The minimum absolute atomic E-state index is 0. The first-order valence-electron chi connectivity index (χ1n) is 9.50. The number of piperidine rings is 1. The Labute approximate surface area is 173 Å². The zero-order chi connectivity index (χ0) is 19.0. The Morgan fingerprint density at radius 2 is 1.61 bits per heavy atom. The fourth-order valence-electron chi connectivity index (χ4n) is 3.09. The van der Waals surface area contributed by atoms with Crippen LogP contribution in [0.15, 0.2) is 54.6 Å². The van der Waals surface area contributed by atoms with Gasteiger partial charge in [0.05, 0.1) is 0 Å². The first-order chi connectivity index (χ1) is 13.1. The summed E-state index contributed by atoms with van der Waals surface area (Å²) < 4.78 is 11.3. The van der Waals surface area contributed by atoms with Gasteiger partial charge in [-0.25, -0.2) is 0 Å². The van der Waals surface area contributed by atoms with Gasteiger partial charge >= 0.3 is 0 Å². The maximum Gasteiger partial charge on any atom is 0.257 e. The molecular formula is C22H29ClN2O3. The summed E-state index contributed by atoms with van der Waals surface area (Å²) in [5.41, 5.74) is 1.30. The molecule has 1 fully saturated rings. The summed E-state index contributed by atoms with van der Waals surface area (Å²) in [5, 5.41) is 6.35. The van der Waals surface area contributed by atoms with E-state index in [4.69, 9.17) is 9.47 Å². The Morgan fingerprint density at radius 1 is 1.00 bits per heavy atom. The minimum Gasteiger partial charge on any atom is -0.489 e. The van der Waals surface area contributed by atoms with Gasteiger partial charge in [-0.2, -0.15) is 0 Å². The van der Waals surface area contributed by atoms with Gasteiger partial charge in [-0.05, 0) is 61.2 Å². The van der Waals surface area contributed by atoms with Gasteiger partial charge in [0.15, 0.2) is 6.61 Å². The molecule has 1 aliphatic heterocycles. The molecule has 28 heavy (non-hydrogen) atoms. The Hall–Kier alpha value is -2.24. The number of rotatable bonds is 8. The summed E-state index contributed by atoms with van der Waals surface area (Å²) in [6.07, 6.45) is 2.16. The lowest BCUT2D eigenvalue weighted by atomic mass is 9.81. The largest absolute Gasteiger partial charge is 0.489 e. The quantitative estimate of drug-likeness (QED) is 0.706. The zero-order valence-electron chi connectivity index (χ0n) is 16.3. The van der Waals surface area contributed by atoms with Crippen LogP contribution in [0.4, 0.5) is 0 Å². The lowest BCUT2D eigenvalue weighted by Gasteiger charge is -2.34. The van der Waals surface area contributed by atoms with E-state index in [1.807, 2.05) is 54.6 Å². The average Bonchev–Trinajstić information content (AvgIpc) is 2.71. The summed E-state index contributed by atoms with van der Waals surface area (Å²) >= 11 is 0. The number of hydrogen-bond donors (Lipinski definition) is 2. The highest BCUT2D eigenvalue weighted by molar-refractivity contribution is 5.85. The van der Waals surface area contributed by atoms with Crippen LogP contribution in [0, 0.1) is 5.41 Å². The number of carbonyl (C=O) groups is 1. The zero-order valence-corrected chi connectivity index (χ0v) is 17.1. The predicted molar refractivity (Wildman–Crippen MR) is 113 cm³/mol. The lowest BCUT2D eigenvalue weighted by molar-refractivity contribution is -0.123. The van der Waals surface area contributed by atoms with Crippen LogP contribution in [0.25, 0.3) is 0 Å². The summed E-state index contributed by atoms with van der Waals surface area (Å²) in [4.78, 5) is 12.1. The van der Waals surface area contributed by atoms with E-state index in [2.05, 4.69) is 17.6 Å². The van der Waals surface area contributed by atoms with E-state index in [0.717, 1.165) is 37.2 Å². The number of amides is 1. The molecule has 1 heterocycles. The molecule has 1 saturated heterocycles. The van der Waals surface area contributed by atoms with Crippen LogP contribution in [0.5, 0.6) is 11.5 Å². The molecule has 2 aromatic carbocycles. The number of nitrogens with one attached hydrogen (secondary N) is 2. The molecule has 2 aromatic rings. The number of carbonyl (C=O) groups excluding carboxylic acids is 1. The van der Waals surface area contributed by atoms with E-state index in [1.165, 1.54) is 0 Å². The van der Waals surface area contributed by atoms with Gasteiger partial charge in [-0.15, -0.1) is 12.4 Å². The monoisotopic (exact) mass is 404 g/mol. The minimum atomic E-state index is -0.0841. The van der Waals surface area contributed by atoms with Crippen LogP contribution in [0.2, 0.25) is 0 Å². The van der Waals surface area contributed by atoms with E-state index in [1.54, 1.807) is 0 Å². The molecule has 1 aliphatic rings. The highest BCUT2D eigenvalue weighted by Gasteiger charge is 2.26. The molecule has 0 atom stereocenters. The van der Waals surface area contributed by atoms with Crippen LogP contribution < -0.4 is 20.1 Å². The van der Waals surface area contributed by atoms with Crippen molar-refractivity contribution in [1.82, 2.24) is 10.6 Å². The van der Waals surface area contributed by atoms with Crippen molar-refractivity contribution in [2.75, 3.05) is 26.2 Å². The molecule has 6 heteroatoms. The van der Waals surface area contributed by atoms with Gasteiger partial charge in [0.25, 0.3) is 5.91 Å². The number of hydrogen-bond acceptors (Lipinski definition) is 4. The van der Waals surface area contributed by atoms with Crippen molar-refractivity contribution >= 4 is 18.3 Å². The topological polar surface area (TPSA) is 59.6 Å². The second-order valence-corrected chi connectivity index (χ2v) is 7.37. The third-order valence-electron chi connectivity index (χ3n) is 4.96. The second kappa shape index (κ2) is 10.9. The fraction of sp³-hybridized carbons (Fsp3) is 0.409. The van der Waals surface area contributed by atoms with E-state index in [0.29, 0.717) is 18.9 Å². The van der Waals surface area contributed by atoms with Crippen LogP contribution in [0.3, 0.4) is 0 Å². The number of benzene rings is 2. The Morgan fingerprint density at radius 3 is 2.25 bits per heavy atom. The molecule has 0 radical (unpaired) electrons. The molecule has 5 nitrogen and oxygen atoms in total. The van der Waals surface area contributed by atoms with Gasteiger partial charge in [-0.1, -0.05) is 37.3 Å². The van der Waals surface area contributed by atoms with Gasteiger partial charge < -0.3 is 20.1 Å². The maximum atomic E-state index is 12.1. The van der Waals surface area contributed by atoms with Crippen molar-refractivity contribution in [3.63, 3.8) is 0 Å². The van der Waals surface area contributed by atoms with Crippen LogP contribution in [0.1, 0.15) is 25.3 Å².